The Morgan fingerprint density at radius 1 is 1.35 bits per heavy atom. The molecule has 7 heteroatoms. The van der Waals surface area contributed by atoms with Gasteiger partial charge in [-0.15, -0.1) is 0 Å². The molecular weight excluding hydrogens is 335 g/mol. The Hall–Kier alpha value is -2.80. The summed E-state index contributed by atoms with van der Waals surface area (Å²) in [4.78, 5) is 19.4. The summed E-state index contributed by atoms with van der Waals surface area (Å²) in [7, 11) is 1.81. The van der Waals surface area contributed by atoms with Crippen LogP contribution in [0.2, 0.25) is 0 Å². The number of carbonyl (C=O) groups is 1. The molecule has 1 aromatic carbocycles. The maximum atomic E-state index is 13.2. The van der Waals surface area contributed by atoms with Gasteiger partial charge in [0.1, 0.15) is 5.82 Å². The van der Waals surface area contributed by atoms with E-state index in [-0.39, 0.29) is 17.8 Å². The average Bonchev–Trinajstić information content (AvgIpc) is 3.31. The normalized spacial score (nSPS) is 17.0. The quantitative estimate of drug-likeness (QED) is 0.783. The number of nitrogens with one attached hydrogen (secondary N) is 1. The topological polar surface area (TPSA) is 71.3 Å². The van der Waals surface area contributed by atoms with Gasteiger partial charge in [-0.1, -0.05) is 5.16 Å². The number of fused-ring (bicyclic) bond motifs is 1. The van der Waals surface area contributed by atoms with Crippen LogP contribution in [-0.2, 0) is 0 Å². The Balaban J connectivity index is 1.82. The van der Waals surface area contributed by atoms with E-state index < -0.39 is 0 Å². The molecule has 26 heavy (non-hydrogen) atoms. The SMILES string of the molecule is Cc1noc2nc(-c3ccc(F)cc3)cc(C(=O)N(C)C3CCNC3)c12. The predicted molar refractivity (Wildman–Crippen MR) is 95.3 cm³/mol. The number of pyridine rings is 1. The molecule has 1 saturated heterocycles. The first-order valence-electron chi connectivity index (χ1n) is 8.55. The number of nitrogens with zero attached hydrogens (tertiary/aromatic N) is 3. The van der Waals surface area contributed by atoms with Crippen LogP contribution in [0.5, 0.6) is 0 Å². The van der Waals surface area contributed by atoms with E-state index in [0.717, 1.165) is 19.5 Å². The molecule has 1 N–H and O–H groups in total. The number of hydrogen-bond acceptors (Lipinski definition) is 5. The Labute approximate surface area is 150 Å². The van der Waals surface area contributed by atoms with Crippen LogP contribution < -0.4 is 5.32 Å². The number of carbonyl (C=O) groups excluding carboxylic acids is 1. The minimum absolute atomic E-state index is 0.0965. The van der Waals surface area contributed by atoms with Crippen LogP contribution >= 0.6 is 0 Å². The van der Waals surface area contributed by atoms with Crippen molar-refractivity contribution in [1.82, 2.24) is 20.4 Å². The van der Waals surface area contributed by atoms with E-state index in [1.165, 1.54) is 12.1 Å². The fourth-order valence-corrected chi connectivity index (χ4v) is 3.36. The molecule has 1 amide bonds. The van der Waals surface area contributed by atoms with Gasteiger partial charge in [0.05, 0.1) is 22.3 Å². The molecule has 6 nitrogen and oxygen atoms in total. The number of rotatable bonds is 3. The zero-order chi connectivity index (χ0) is 18.3. The van der Waals surface area contributed by atoms with Crippen LogP contribution in [0.1, 0.15) is 22.5 Å². The van der Waals surface area contributed by atoms with Crippen molar-refractivity contribution in [2.24, 2.45) is 0 Å². The summed E-state index contributed by atoms with van der Waals surface area (Å²) in [6.45, 7) is 3.48. The molecule has 4 rings (SSSR count). The second-order valence-corrected chi connectivity index (χ2v) is 6.57. The zero-order valence-corrected chi connectivity index (χ0v) is 14.6. The number of aryl methyl sites for hydroxylation is 1. The van der Waals surface area contributed by atoms with Crippen molar-refractivity contribution < 1.29 is 13.7 Å². The molecule has 1 aliphatic rings. The highest BCUT2D eigenvalue weighted by Crippen LogP contribution is 2.28. The monoisotopic (exact) mass is 354 g/mol. The average molecular weight is 354 g/mol. The molecule has 0 aliphatic carbocycles. The maximum absolute atomic E-state index is 13.2. The summed E-state index contributed by atoms with van der Waals surface area (Å²) >= 11 is 0. The first-order chi connectivity index (χ1) is 12.5. The molecule has 134 valence electrons. The highest BCUT2D eigenvalue weighted by atomic mass is 19.1. The first kappa shape index (κ1) is 16.7. The first-order valence-corrected chi connectivity index (χ1v) is 8.55. The van der Waals surface area contributed by atoms with E-state index in [1.54, 1.807) is 30.0 Å². The highest BCUT2D eigenvalue weighted by Gasteiger charge is 2.27. The minimum Gasteiger partial charge on any atom is -0.337 e. The van der Waals surface area contributed by atoms with Crippen molar-refractivity contribution in [3.05, 3.63) is 47.4 Å². The van der Waals surface area contributed by atoms with Crippen LogP contribution in [0.25, 0.3) is 22.4 Å². The molecule has 0 radical (unpaired) electrons. The van der Waals surface area contributed by atoms with Gasteiger partial charge in [-0.2, -0.15) is 0 Å². The van der Waals surface area contributed by atoms with Gasteiger partial charge in [0.15, 0.2) is 0 Å². The number of likely N-dealkylation sites (N-methyl/N-ethyl adjacent to an activating group) is 1. The molecule has 3 heterocycles. The van der Waals surface area contributed by atoms with Gasteiger partial charge in [0.2, 0.25) is 0 Å². The smallest absolute Gasteiger partial charge is 0.259 e. The van der Waals surface area contributed by atoms with Crippen molar-refractivity contribution in [3.8, 4) is 11.3 Å². The van der Waals surface area contributed by atoms with Gasteiger partial charge in [0.25, 0.3) is 11.6 Å². The largest absolute Gasteiger partial charge is 0.337 e. The highest BCUT2D eigenvalue weighted by molar-refractivity contribution is 6.07. The van der Waals surface area contributed by atoms with Crippen LogP contribution in [0, 0.1) is 12.7 Å². The standard InChI is InChI=1S/C19H19FN4O2/c1-11-17-15(19(25)24(2)14-7-8-21-10-14)9-16(22-18(17)26-23-11)12-3-5-13(20)6-4-12/h3-6,9,14,21H,7-8,10H2,1-2H3. The van der Waals surface area contributed by atoms with Crippen LogP contribution in [0.3, 0.4) is 0 Å². The lowest BCUT2D eigenvalue weighted by molar-refractivity contribution is 0.0745. The molecule has 2 aromatic heterocycles. The van der Waals surface area contributed by atoms with E-state index in [2.05, 4.69) is 15.5 Å². The van der Waals surface area contributed by atoms with Gasteiger partial charge >= 0.3 is 0 Å². The van der Waals surface area contributed by atoms with E-state index in [9.17, 15) is 9.18 Å². The van der Waals surface area contributed by atoms with Crippen molar-refractivity contribution in [2.75, 3.05) is 20.1 Å². The molecule has 3 aromatic rings. The summed E-state index contributed by atoms with van der Waals surface area (Å²) in [5, 5.41) is 7.86. The molecule has 1 fully saturated rings. The summed E-state index contributed by atoms with van der Waals surface area (Å²) in [5.41, 5.74) is 2.70. The fourth-order valence-electron chi connectivity index (χ4n) is 3.36. The maximum Gasteiger partial charge on any atom is 0.259 e. The van der Waals surface area contributed by atoms with Gasteiger partial charge in [-0.25, -0.2) is 9.37 Å². The summed E-state index contributed by atoms with van der Waals surface area (Å²) < 4.78 is 18.5. The number of benzene rings is 1. The Bertz CT molecular complexity index is 962. The Morgan fingerprint density at radius 2 is 2.12 bits per heavy atom. The molecule has 1 unspecified atom stereocenters. The third kappa shape index (κ3) is 2.84. The van der Waals surface area contributed by atoms with Crippen LogP contribution in [0.4, 0.5) is 4.39 Å². The van der Waals surface area contributed by atoms with Crippen LogP contribution in [-0.4, -0.2) is 47.1 Å². The number of aromatic nitrogens is 2. The van der Waals surface area contributed by atoms with Crippen molar-refractivity contribution in [3.63, 3.8) is 0 Å². The number of halogens is 1. The Kier molecular flexibility index (Phi) is 4.16. The van der Waals surface area contributed by atoms with E-state index in [0.29, 0.717) is 33.6 Å². The van der Waals surface area contributed by atoms with E-state index >= 15 is 0 Å². The number of hydrogen-bond donors (Lipinski definition) is 1. The second-order valence-electron chi connectivity index (χ2n) is 6.57. The molecule has 0 bridgehead atoms. The third-order valence-corrected chi connectivity index (χ3v) is 4.89. The third-order valence-electron chi connectivity index (χ3n) is 4.89. The molecular formula is C19H19FN4O2. The van der Waals surface area contributed by atoms with Crippen molar-refractivity contribution in [2.45, 2.75) is 19.4 Å². The van der Waals surface area contributed by atoms with Crippen LogP contribution in [0.15, 0.2) is 34.9 Å². The lowest BCUT2D eigenvalue weighted by Crippen LogP contribution is -2.38. The Morgan fingerprint density at radius 3 is 2.81 bits per heavy atom. The van der Waals surface area contributed by atoms with Gasteiger partial charge in [-0.05, 0) is 50.2 Å². The summed E-state index contributed by atoms with van der Waals surface area (Å²) in [6.07, 6.45) is 0.921. The molecule has 1 atom stereocenters. The van der Waals surface area contributed by atoms with Crippen molar-refractivity contribution >= 4 is 17.0 Å². The molecule has 1 aliphatic heterocycles. The molecule has 0 spiro atoms. The number of amides is 1. The zero-order valence-electron chi connectivity index (χ0n) is 14.6. The lowest BCUT2D eigenvalue weighted by atomic mass is 10.0. The van der Waals surface area contributed by atoms with Crippen molar-refractivity contribution in [1.29, 1.82) is 0 Å². The molecule has 0 saturated carbocycles. The van der Waals surface area contributed by atoms with E-state index in [1.807, 2.05) is 7.05 Å². The van der Waals surface area contributed by atoms with Gasteiger partial charge < -0.3 is 14.7 Å². The summed E-state index contributed by atoms with van der Waals surface area (Å²) in [5.74, 6) is -0.420. The summed E-state index contributed by atoms with van der Waals surface area (Å²) in [6, 6.07) is 7.88. The van der Waals surface area contributed by atoms with Gasteiger partial charge in [-0.3, -0.25) is 4.79 Å². The van der Waals surface area contributed by atoms with Gasteiger partial charge in [0, 0.05) is 25.2 Å². The second kappa shape index (κ2) is 6.49. The fraction of sp³-hybridized carbons (Fsp3) is 0.316. The minimum atomic E-state index is -0.324. The predicted octanol–water partition coefficient (Wildman–Crippen LogP) is 2.77. The lowest BCUT2D eigenvalue weighted by Gasteiger charge is -2.24. The van der Waals surface area contributed by atoms with E-state index in [4.69, 9.17) is 4.52 Å².